The molecule has 6 heteroatoms. The van der Waals surface area contributed by atoms with Crippen LogP contribution in [-0.2, 0) is 27.2 Å². The fourth-order valence-electron chi connectivity index (χ4n) is 4.57. The molecule has 1 aliphatic rings. The van der Waals surface area contributed by atoms with Crippen LogP contribution in [0, 0.1) is 5.92 Å². The van der Waals surface area contributed by atoms with E-state index < -0.39 is 12.1 Å². The second-order valence-corrected chi connectivity index (χ2v) is 9.32. The number of nitrogens with one attached hydrogen (secondary N) is 1. The van der Waals surface area contributed by atoms with Gasteiger partial charge in [0.05, 0.1) is 0 Å². The molecule has 3 amide bonds. The van der Waals surface area contributed by atoms with Crippen LogP contribution in [0.4, 0.5) is 0 Å². The monoisotopic (exact) mass is 475 g/mol. The summed E-state index contributed by atoms with van der Waals surface area (Å²) in [5.41, 5.74) is 2.11. The molecule has 0 unspecified atom stereocenters. The molecule has 3 atom stereocenters. The molecule has 6 nitrogen and oxygen atoms in total. The van der Waals surface area contributed by atoms with E-state index in [1.54, 1.807) is 22.2 Å². The molecule has 0 bridgehead atoms. The van der Waals surface area contributed by atoms with E-state index in [-0.39, 0.29) is 23.6 Å². The third-order valence-corrected chi connectivity index (χ3v) is 6.49. The Balaban J connectivity index is 1.84. The molecule has 0 aliphatic carbocycles. The highest BCUT2D eigenvalue weighted by Crippen LogP contribution is 2.25. The maximum absolute atomic E-state index is 13.7. The summed E-state index contributed by atoms with van der Waals surface area (Å²) in [7, 11) is 0. The number of rotatable bonds is 11. The second kappa shape index (κ2) is 12.9. The average Bonchev–Trinajstić information content (AvgIpc) is 2.86. The first-order valence-electron chi connectivity index (χ1n) is 12.6. The topological polar surface area (TPSA) is 69.7 Å². The van der Waals surface area contributed by atoms with Crippen LogP contribution in [0.2, 0.25) is 0 Å². The van der Waals surface area contributed by atoms with Gasteiger partial charge in [0.15, 0.2) is 0 Å². The molecule has 0 saturated carbocycles. The zero-order chi connectivity index (χ0) is 25.2. The summed E-state index contributed by atoms with van der Waals surface area (Å²) in [6.45, 7) is 6.13. The fourth-order valence-corrected chi connectivity index (χ4v) is 4.57. The molecule has 0 radical (unpaired) electrons. The predicted octanol–water partition coefficient (Wildman–Crippen LogP) is 4.31. The molecule has 1 N–H and O–H groups in total. The average molecular weight is 476 g/mol. The van der Waals surface area contributed by atoms with Crippen molar-refractivity contribution in [2.45, 2.75) is 65.0 Å². The summed E-state index contributed by atoms with van der Waals surface area (Å²) in [6, 6.07) is 18.3. The second-order valence-electron chi connectivity index (χ2n) is 9.32. The van der Waals surface area contributed by atoms with Crippen LogP contribution in [0.25, 0.3) is 0 Å². The van der Waals surface area contributed by atoms with Gasteiger partial charge in [0.1, 0.15) is 12.1 Å². The molecule has 0 spiro atoms. The number of benzene rings is 2. The third-order valence-electron chi connectivity index (χ3n) is 6.49. The van der Waals surface area contributed by atoms with Crippen LogP contribution >= 0.6 is 0 Å². The SMILES string of the molecule is CCCC[C@H](C)[C@@H]1C(=O)N(CCc2ccccc2)C=CN1C(=O)[C@@H](Cc1ccccc1)NC(C)=O. The molecule has 2 aromatic rings. The Bertz CT molecular complexity index is 1010. The van der Waals surface area contributed by atoms with Crippen LogP contribution in [0.1, 0.15) is 51.2 Å². The molecule has 186 valence electrons. The van der Waals surface area contributed by atoms with Gasteiger partial charge in [-0.2, -0.15) is 0 Å². The lowest BCUT2D eigenvalue weighted by atomic mass is 9.91. The van der Waals surface area contributed by atoms with Crippen molar-refractivity contribution in [3.8, 4) is 0 Å². The van der Waals surface area contributed by atoms with Crippen molar-refractivity contribution in [3.05, 3.63) is 84.2 Å². The predicted molar refractivity (Wildman–Crippen MR) is 138 cm³/mol. The van der Waals surface area contributed by atoms with Crippen LogP contribution in [-0.4, -0.2) is 46.1 Å². The quantitative estimate of drug-likeness (QED) is 0.526. The third kappa shape index (κ3) is 7.28. The van der Waals surface area contributed by atoms with E-state index in [4.69, 9.17) is 0 Å². The zero-order valence-electron chi connectivity index (χ0n) is 21.0. The molecule has 2 aromatic carbocycles. The normalized spacial score (nSPS) is 17.2. The minimum Gasteiger partial charge on any atom is -0.344 e. The number of carbonyl (C=O) groups excluding carboxylic acids is 3. The fraction of sp³-hybridized carbons (Fsp3) is 0.414. The van der Waals surface area contributed by atoms with Crippen molar-refractivity contribution in [3.63, 3.8) is 0 Å². The number of carbonyl (C=O) groups is 3. The van der Waals surface area contributed by atoms with Gasteiger partial charge in [0.25, 0.3) is 0 Å². The summed E-state index contributed by atoms with van der Waals surface area (Å²) in [4.78, 5) is 42.7. The smallest absolute Gasteiger partial charge is 0.250 e. The molecular weight excluding hydrogens is 438 g/mol. The first-order chi connectivity index (χ1) is 16.9. The Morgan fingerprint density at radius 1 is 0.971 bits per heavy atom. The highest BCUT2D eigenvalue weighted by atomic mass is 16.2. The summed E-state index contributed by atoms with van der Waals surface area (Å²) < 4.78 is 0. The Kier molecular flexibility index (Phi) is 9.65. The number of amides is 3. The van der Waals surface area contributed by atoms with Gasteiger partial charge < -0.3 is 15.1 Å². The zero-order valence-corrected chi connectivity index (χ0v) is 21.0. The summed E-state index contributed by atoms with van der Waals surface area (Å²) in [6.07, 6.45) is 7.39. The van der Waals surface area contributed by atoms with Gasteiger partial charge in [-0.3, -0.25) is 14.4 Å². The Morgan fingerprint density at radius 3 is 2.20 bits per heavy atom. The van der Waals surface area contributed by atoms with Crippen molar-refractivity contribution in [1.82, 2.24) is 15.1 Å². The Hall–Kier alpha value is -3.41. The molecular formula is C29H37N3O3. The van der Waals surface area contributed by atoms with E-state index in [9.17, 15) is 14.4 Å². The first-order valence-corrected chi connectivity index (χ1v) is 12.6. The Morgan fingerprint density at radius 2 is 1.60 bits per heavy atom. The van der Waals surface area contributed by atoms with Crippen molar-refractivity contribution in [2.75, 3.05) is 6.54 Å². The van der Waals surface area contributed by atoms with Crippen LogP contribution in [0.3, 0.4) is 0 Å². The highest BCUT2D eigenvalue weighted by molar-refractivity contribution is 5.94. The molecule has 0 aromatic heterocycles. The molecule has 1 aliphatic heterocycles. The van der Waals surface area contributed by atoms with Gasteiger partial charge in [-0.05, 0) is 29.9 Å². The van der Waals surface area contributed by atoms with Crippen molar-refractivity contribution < 1.29 is 14.4 Å². The lowest BCUT2D eigenvalue weighted by Gasteiger charge is -2.40. The van der Waals surface area contributed by atoms with Crippen LogP contribution in [0.5, 0.6) is 0 Å². The van der Waals surface area contributed by atoms with E-state index in [0.717, 1.165) is 36.8 Å². The van der Waals surface area contributed by atoms with Gasteiger partial charge in [0, 0.05) is 32.3 Å². The van der Waals surface area contributed by atoms with Crippen molar-refractivity contribution in [1.29, 1.82) is 0 Å². The van der Waals surface area contributed by atoms with Gasteiger partial charge >= 0.3 is 0 Å². The molecule has 0 saturated heterocycles. The van der Waals surface area contributed by atoms with E-state index in [1.807, 2.05) is 55.5 Å². The molecule has 1 heterocycles. The van der Waals surface area contributed by atoms with Gasteiger partial charge in [-0.1, -0.05) is 87.4 Å². The summed E-state index contributed by atoms with van der Waals surface area (Å²) in [5, 5.41) is 2.81. The van der Waals surface area contributed by atoms with E-state index >= 15 is 0 Å². The van der Waals surface area contributed by atoms with Crippen molar-refractivity contribution >= 4 is 17.7 Å². The van der Waals surface area contributed by atoms with Gasteiger partial charge in [0.2, 0.25) is 17.7 Å². The largest absolute Gasteiger partial charge is 0.344 e. The minimum atomic E-state index is -0.746. The lowest BCUT2D eigenvalue weighted by molar-refractivity contribution is -0.147. The first kappa shape index (κ1) is 26.2. The van der Waals surface area contributed by atoms with Gasteiger partial charge in [-0.25, -0.2) is 0 Å². The van der Waals surface area contributed by atoms with E-state index in [1.165, 1.54) is 6.92 Å². The number of unbranched alkanes of at least 4 members (excludes halogenated alkanes) is 1. The van der Waals surface area contributed by atoms with Crippen LogP contribution < -0.4 is 5.32 Å². The van der Waals surface area contributed by atoms with E-state index in [0.29, 0.717) is 13.0 Å². The lowest BCUT2D eigenvalue weighted by Crippen LogP contribution is -2.58. The summed E-state index contributed by atoms with van der Waals surface area (Å²) >= 11 is 0. The van der Waals surface area contributed by atoms with Crippen molar-refractivity contribution in [2.24, 2.45) is 5.92 Å². The molecule has 0 fully saturated rings. The molecule has 3 rings (SSSR count). The maximum atomic E-state index is 13.7. The maximum Gasteiger partial charge on any atom is 0.250 e. The number of hydrogen-bond acceptors (Lipinski definition) is 3. The highest BCUT2D eigenvalue weighted by Gasteiger charge is 2.40. The number of hydrogen-bond donors (Lipinski definition) is 1. The number of nitrogens with zero attached hydrogens (tertiary/aromatic N) is 2. The minimum absolute atomic E-state index is 0.00900. The molecule has 35 heavy (non-hydrogen) atoms. The Labute approximate surface area is 209 Å². The standard InChI is InChI=1S/C29H37N3O3/c1-4-5-12-22(2)27-29(35)31(18-17-24-13-8-6-9-14-24)19-20-32(27)28(34)26(30-23(3)33)21-25-15-10-7-11-16-25/h6-11,13-16,19-20,22,26-27H,4-5,12,17-18,21H2,1-3H3,(H,30,33)/t22-,26+,27+/m0/s1. The van der Waals surface area contributed by atoms with E-state index in [2.05, 4.69) is 24.4 Å². The van der Waals surface area contributed by atoms with Gasteiger partial charge in [-0.15, -0.1) is 0 Å². The summed E-state index contributed by atoms with van der Waals surface area (Å²) in [5.74, 6) is -0.608. The van der Waals surface area contributed by atoms with Crippen LogP contribution in [0.15, 0.2) is 73.1 Å².